The van der Waals surface area contributed by atoms with Gasteiger partial charge in [-0.2, -0.15) is 18.4 Å². The zero-order valence-corrected chi connectivity index (χ0v) is 35.3. The van der Waals surface area contributed by atoms with Crippen LogP contribution in [0.25, 0.3) is 88.4 Å². The molecule has 0 bridgehead atoms. The highest BCUT2D eigenvalue weighted by atomic mass is 19.4. The van der Waals surface area contributed by atoms with Crippen LogP contribution >= 0.6 is 0 Å². The van der Waals surface area contributed by atoms with E-state index in [9.17, 15) is 18.4 Å². The van der Waals surface area contributed by atoms with Crippen molar-refractivity contribution in [3.8, 4) is 50.8 Å². The molecule has 2 aromatic heterocycles. The Morgan fingerprint density at radius 1 is 0.419 bits per heavy atom. The minimum Gasteiger partial charge on any atom is -0.308 e. The predicted molar refractivity (Wildman–Crippen MR) is 250 cm³/mol. The van der Waals surface area contributed by atoms with Gasteiger partial charge in [-0.1, -0.05) is 96.1 Å². The fourth-order valence-corrected chi connectivity index (χ4v) is 10.2. The fraction of sp³-hybridized carbons (Fsp3) is 0.125. The lowest BCUT2D eigenvalue weighted by Gasteiger charge is -2.21. The maximum Gasteiger partial charge on any atom is 0.416 e. The van der Waals surface area contributed by atoms with E-state index in [2.05, 4.69) is 130 Å². The van der Waals surface area contributed by atoms with Gasteiger partial charge in [-0.15, -0.1) is 0 Å². The first-order chi connectivity index (χ1) is 29.8. The lowest BCUT2D eigenvalue weighted by molar-refractivity contribution is -0.137. The summed E-state index contributed by atoms with van der Waals surface area (Å²) in [5.41, 5.74) is 17.0. The molecule has 2 heterocycles. The van der Waals surface area contributed by atoms with Crippen LogP contribution in [0.5, 0.6) is 0 Å². The molecule has 0 aliphatic heterocycles. The summed E-state index contributed by atoms with van der Waals surface area (Å²) in [5.74, 6) is 0. The van der Waals surface area contributed by atoms with E-state index in [1.165, 1.54) is 56.6 Å². The number of para-hydroxylation sites is 2. The molecule has 0 N–H and O–H groups in total. The standard InChI is InChI=1S/C56H42F3N3/c1-32-22-34(3)53(35(4)23-32)40-18-20-49-45(29-40)43-14-7-9-16-47(43)61(49)51-26-38(31-60)27-52(55(51)39-12-11-13-42(28-39)56(57,58)59)62-48-17-10-8-15-44(48)46-30-41(19-21-50(46)62)54-36(5)24-33(2)25-37(54)6/h7-30H,1-6H3. The van der Waals surface area contributed by atoms with Crippen LogP contribution in [0.1, 0.15) is 44.5 Å². The largest absolute Gasteiger partial charge is 0.416 e. The number of hydrogen-bond acceptors (Lipinski definition) is 1. The highest BCUT2D eigenvalue weighted by molar-refractivity contribution is 6.13. The summed E-state index contributed by atoms with van der Waals surface area (Å²) in [6, 6.07) is 49.6. The summed E-state index contributed by atoms with van der Waals surface area (Å²) in [7, 11) is 0. The zero-order chi connectivity index (χ0) is 43.2. The quantitative estimate of drug-likeness (QED) is 0.170. The highest BCUT2D eigenvalue weighted by Crippen LogP contribution is 2.45. The van der Waals surface area contributed by atoms with Gasteiger partial charge in [0.1, 0.15) is 0 Å². The maximum atomic E-state index is 14.6. The van der Waals surface area contributed by atoms with Crippen LogP contribution in [0, 0.1) is 52.9 Å². The molecule has 0 atom stereocenters. The van der Waals surface area contributed by atoms with Crippen molar-refractivity contribution in [2.45, 2.75) is 47.7 Å². The molecule has 0 spiro atoms. The van der Waals surface area contributed by atoms with Gasteiger partial charge in [-0.05, 0) is 152 Å². The summed E-state index contributed by atoms with van der Waals surface area (Å²) in [4.78, 5) is 0. The second kappa shape index (κ2) is 14.4. The number of hydrogen-bond donors (Lipinski definition) is 0. The number of aromatic nitrogens is 2. The third-order valence-electron chi connectivity index (χ3n) is 12.5. The van der Waals surface area contributed by atoms with Crippen LogP contribution in [-0.2, 0) is 6.18 Å². The minimum atomic E-state index is -4.58. The average molecular weight is 814 g/mol. The SMILES string of the molecule is Cc1cc(C)c(-c2ccc3c(c2)c2ccccc2n3-c2cc(C#N)cc(-n3c4ccccc4c4cc(-c5c(C)cc(C)cc5C)ccc43)c2-c2cccc(C(F)(F)F)c2)c(C)c1. The fourth-order valence-electron chi connectivity index (χ4n) is 10.2. The molecule has 0 saturated heterocycles. The third-order valence-corrected chi connectivity index (χ3v) is 12.5. The molecule has 8 aromatic carbocycles. The molecular formula is C56H42F3N3. The number of rotatable bonds is 5. The first-order valence-electron chi connectivity index (χ1n) is 20.8. The summed E-state index contributed by atoms with van der Waals surface area (Å²) < 4.78 is 48.2. The monoisotopic (exact) mass is 813 g/mol. The molecule has 0 fully saturated rings. The molecule has 0 radical (unpaired) electrons. The van der Waals surface area contributed by atoms with Crippen LogP contribution in [0.4, 0.5) is 13.2 Å². The normalized spacial score (nSPS) is 11.9. The summed E-state index contributed by atoms with van der Waals surface area (Å²) in [6.07, 6.45) is -4.58. The second-order valence-electron chi connectivity index (χ2n) is 16.8. The van der Waals surface area contributed by atoms with Crippen molar-refractivity contribution in [1.29, 1.82) is 5.26 Å². The van der Waals surface area contributed by atoms with Gasteiger partial charge in [0, 0.05) is 27.1 Å². The van der Waals surface area contributed by atoms with E-state index < -0.39 is 11.7 Å². The number of benzene rings is 8. The van der Waals surface area contributed by atoms with Gasteiger partial charge in [0.15, 0.2) is 0 Å². The summed E-state index contributed by atoms with van der Waals surface area (Å²) >= 11 is 0. The van der Waals surface area contributed by atoms with Crippen LogP contribution in [0.15, 0.2) is 146 Å². The Kier molecular flexibility index (Phi) is 9.01. The van der Waals surface area contributed by atoms with Crippen LogP contribution in [-0.4, -0.2) is 9.13 Å². The Balaban J connectivity index is 1.33. The Bertz CT molecular complexity index is 3290. The Labute approximate surface area is 358 Å². The van der Waals surface area contributed by atoms with Gasteiger partial charge in [0.2, 0.25) is 0 Å². The van der Waals surface area contributed by atoms with Crippen LogP contribution in [0.3, 0.4) is 0 Å². The van der Waals surface area contributed by atoms with E-state index in [1.54, 1.807) is 6.07 Å². The zero-order valence-electron chi connectivity index (χ0n) is 35.3. The van der Waals surface area contributed by atoms with Crippen molar-refractivity contribution in [3.63, 3.8) is 0 Å². The van der Waals surface area contributed by atoms with Gasteiger partial charge < -0.3 is 9.13 Å². The minimum absolute atomic E-state index is 0.382. The molecular weight excluding hydrogens is 772 g/mol. The lowest BCUT2D eigenvalue weighted by Crippen LogP contribution is -2.07. The Hall–Kier alpha value is -7.36. The van der Waals surface area contributed by atoms with E-state index in [-0.39, 0.29) is 0 Å². The number of alkyl halides is 3. The topological polar surface area (TPSA) is 33.6 Å². The van der Waals surface area contributed by atoms with Crippen molar-refractivity contribution >= 4 is 43.6 Å². The Morgan fingerprint density at radius 2 is 0.839 bits per heavy atom. The molecule has 0 saturated carbocycles. The van der Waals surface area contributed by atoms with Crippen molar-refractivity contribution in [1.82, 2.24) is 9.13 Å². The second-order valence-corrected chi connectivity index (χ2v) is 16.8. The van der Waals surface area contributed by atoms with Crippen molar-refractivity contribution < 1.29 is 13.2 Å². The molecule has 0 aliphatic carbocycles. The van der Waals surface area contributed by atoms with E-state index in [4.69, 9.17) is 0 Å². The molecule has 302 valence electrons. The summed E-state index contributed by atoms with van der Waals surface area (Å²) in [6.45, 7) is 12.8. The van der Waals surface area contributed by atoms with Gasteiger partial charge in [-0.3, -0.25) is 0 Å². The lowest BCUT2D eigenvalue weighted by atomic mass is 9.93. The number of aryl methyl sites for hydroxylation is 6. The predicted octanol–water partition coefficient (Wildman–Crippen LogP) is 15.6. The maximum absolute atomic E-state index is 14.6. The van der Waals surface area contributed by atoms with Gasteiger partial charge in [0.25, 0.3) is 0 Å². The van der Waals surface area contributed by atoms with E-state index >= 15 is 0 Å². The summed E-state index contributed by atoms with van der Waals surface area (Å²) in [5, 5.41) is 14.8. The molecule has 0 aliphatic rings. The van der Waals surface area contributed by atoms with Gasteiger partial charge in [-0.25, -0.2) is 0 Å². The van der Waals surface area contributed by atoms with Crippen molar-refractivity contribution in [3.05, 3.63) is 190 Å². The van der Waals surface area contributed by atoms with Crippen molar-refractivity contribution in [2.24, 2.45) is 0 Å². The number of fused-ring (bicyclic) bond motifs is 6. The molecule has 0 unspecified atom stereocenters. The molecule has 10 rings (SSSR count). The smallest absolute Gasteiger partial charge is 0.308 e. The van der Waals surface area contributed by atoms with Crippen molar-refractivity contribution in [2.75, 3.05) is 0 Å². The van der Waals surface area contributed by atoms with Crippen LogP contribution in [0.2, 0.25) is 0 Å². The number of nitriles is 1. The van der Waals surface area contributed by atoms with E-state index in [0.29, 0.717) is 28.1 Å². The van der Waals surface area contributed by atoms with E-state index in [1.807, 2.05) is 48.5 Å². The van der Waals surface area contributed by atoms with E-state index in [0.717, 1.165) is 60.8 Å². The van der Waals surface area contributed by atoms with Crippen LogP contribution < -0.4 is 0 Å². The first-order valence-corrected chi connectivity index (χ1v) is 20.8. The first kappa shape index (κ1) is 38.8. The Morgan fingerprint density at radius 3 is 1.27 bits per heavy atom. The number of halogens is 3. The third kappa shape index (κ3) is 6.19. The molecule has 62 heavy (non-hydrogen) atoms. The molecule has 3 nitrogen and oxygen atoms in total. The molecule has 6 heteroatoms. The highest BCUT2D eigenvalue weighted by Gasteiger charge is 2.32. The number of nitrogens with zero attached hydrogens (tertiary/aromatic N) is 3. The van der Waals surface area contributed by atoms with Gasteiger partial charge >= 0.3 is 6.18 Å². The van der Waals surface area contributed by atoms with Gasteiger partial charge in [0.05, 0.1) is 50.6 Å². The molecule has 10 aromatic rings. The average Bonchev–Trinajstić information content (AvgIpc) is 3.74. The molecule has 0 amide bonds.